The first-order valence-electron chi connectivity index (χ1n) is 24.7. The molecule has 18 atom stereocenters. The van der Waals surface area contributed by atoms with Gasteiger partial charge >= 0.3 is 12.1 Å². The number of ketones is 1. The molecule has 0 bridgehead atoms. The highest BCUT2D eigenvalue weighted by Crippen LogP contribution is 2.42. The molecule has 0 aromatic carbocycles. The Bertz CT molecular complexity index is 1570. The molecule has 5 N–H and O–H groups in total. The van der Waals surface area contributed by atoms with Crippen LogP contribution < -0.4 is 10.6 Å². The number of hydrogen-bond acceptors (Lipinski definition) is 16. The topological polar surface area (TPSA) is 230 Å². The monoisotopic (exact) mass is 960 g/mol. The maximum atomic E-state index is 14.5. The minimum Gasteiger partial charge on any atom is -0.459 e. The molecule has 3 fully saturated rings. The molecule has 0 radical (unpaired) electrons. The third kappa shape index (κ3) is 15.2. The summed E-state index contributed by atoms with van der Waals surface area (Å²) in [5.41, 5.74) is -4.45. The molecule has 0 aromatic heterocycles. The number of aliphatic hydroxyl groups excluding tert-OH is 2. The zero-order chi connectivity index (χ0) is 50.6. The van der Waals surface area contributed by atoms with E-state index in [1.165, 1.54) is 21.1 Å². The number of Topliss-reactive ketones (excluding diaryl/α,β-unsaturated/α-hetero) is 1. The Labute approximate surface area is 400 Å². The molecule has 390 valence electrons. The number of esters is 1. The largest absolute Gasteiger partial charge is 0.459 e. The molecule has 3 heterocycles. The second-order valence-electron chi connectivity index (χ2n) is 20.5. The summed E-state index contributed by atoms with van der Waals surface area (Å²) in [6.45, 7) is 20.1. The third-order valence-corrected chi connectivity index (χ3v) is 14.7. The number of unbranched alkanes of at least 4 members (excludes halogenated alkanes) is 3. The quantitative estimate of drug-likeness (QED) is 0.0930. The molecule has 3 saturated heterocycles. The number of amides is 2. The van der Waals surface area contributed by atoms with Gasteiger partial charge in [0.05, 0.1) is 42.0 Å². The molecule has 67 heavy (non-hydrogen) atoms. The van der Waals surface area contributed by atoms with Crippen LogP contribution in [-0.4, -0.2) is 170 Å². The minimum atomic E-state index is -2.01. The van der Waals surface area contributed by atoms with Gasteiger partial charge in [0.1, 0.15) is 29.2 Å². The van der Waals surface area contributed by atoms with E-state index in [-0.39, 0.29) is 43.1 Å². The Morgan fingerprint density at radius 1 is 0.821 bits per heavy atom. The van der Waals surface area contributed by atoms with Gasteiger partial charge in [-0.15, -0.1) is 0 Å². The lowest BCUT2D eigenvalue weighted by Gasteiger charge is -2.50. The summed E-state index contributed by atoms with van der Waals surface area (Å²) in [5, 5.41) is 40.8. The van der Waals surface area contributed by atoms with Crippen LogP contribution in [0.3, 0.4) is 0 Å². The molecular weight excluding hydrogens is 871 g/mol. The minimum absolute atomic E-state index is 0.0276. The van der Waals surface area contributed by atoms with E-state index in [4.69, 9.17) is 37.9 Å². The summed E-state index contributed by atoms with van der Waals surface area (Å²) in [6.07, 6.45) is -5.50. The molecule has 0 aliphatic carbocycles. The first kappa shape index (κ1) is 58.8. The SMILES string of the molecule is CCCCNC(=O)CCCCCNC(=O)O[C@H]1[C@H](C)O[C@@H](O[C@H]2[C@H](C)[C@@H](O[C@@H]3O[C@H](C)C[C@H](N(C)C)[C@H]3O)[C@@](C)(OC)C[C@@H](C)C(=O)[C@H](C)[C@@H](O)[C@](C)(O)[C@@H](CC)OC(=O)[C@@H]2C)C[C@@]1(C)OC. The highest BCUT2D eigenvalue weighted by atomic mass is 16.7. The number of nitrogens with one attached hydrogen (secondary N) is 2. The summed E-state index contributed by atoms with van der Waals surface area (Å²) in [7, 11) is 6.75. The predicted molar refractivity (Wildman–Crippen MR) is 250 cm³/mol. The highest BCUT2D eigenvalue weighted by Gasteiger charge is 2.55. The molecule has 0 saturated carbocycles. The van der Waals surface area contributed by atoms with Crippen LogP contribution >= 0.6 is 0 Å². The van der Waals surface area contributed by atoms with Gasteiger partial charge in [0.25, 0.3) is 0 Å². The molecular formula is C49H89N3O15. The zero-order valence-electron chi connectivity index (χ0n) is 43.3. The van der Waals surface area contributed by atoms with Crippen LogP contribution in [0.1, 0.15) is 140 Å². The summed E-state index contributed by atoms with van der Waals surface area (Å²) < 4.78 is 50.9. The lowest BCUT2D eigenvalue weighted by atomic mass is 9.74. The number of alkyl carbamates (subject to hydrolysis) is 1. The van der Waals surface area contributed by atoms with Crippen molar-refractivity contribution in [1.82, 2.24) is 15.5 Å². The van der Waals surface area contributed by atoms with Crippen molar-refractivity contribution in [1.29, 1.82) is 0 Å². The van der Waals surface area contributed by atoms with Gasteiger partial charge in [0, 0.05) is 63.9 Å². The Balaban J connectivity index is 1.99. The van der Waals surface area contributed by atoms with Gasteiger partial charge in [-0.1, -0.05) is 47.5 Å². The summed E-state index contributed by atoms with van der Waals surface area (Å²) >= 11 is 0. The van der Waals surface area contributed by atoms with Crippen molar-refractivity contribution in [2.24, 2.45) is 23.7 Å². The number of rotatable bonds is 18. The molecule has 0 unspecified atom stereocenters. The van der Waals surface area contributed by atoms with Crippen LogP contribution in [0.15, 0.2) is 0 Å². The molecule has 3 aliphatic heterocycles. The van der Waals surface area contributed by atoms with Crippen LogP contribution in [0, 0.1) is 23.7 Å². The zero-order valence-corrected chi connectivity index (χ0v) is 43.3. The standard InChI is InChI=1S/C49H89N3O15/c1-16-18-23-50-36(53)22-20-19-21-24-51-46(58)67-43-33(8)63-37(27-48(43,10)61-15)65-40-31(6)42(66-45-39(55)34(52(12)13)25-29(4)62-45)47(9,60-14)26-28(3)38(54)30(5)41(56)49(11,59)35(17-2)64-44(57)32(40)7/h28-35,37,39-43,45,55-56,59H,16-27H2,1-15H3,(H,50,53)(H,51,58)/t28-,29-,30+,31+,32-,33+,34+,35-,37+,39-,40+,41-,42-,43+,45+,47+,48-,49-/m1/s1. The van der Waals surface area contributed by atoms with E-state index < -0.39 is 108 Å². The van der Waals surface area contributed by atoms with Crippen LogP contribution in [0.5, 0.6) is 0 Å². The lowest BCUT2D eigenvalue weighted by Crippen LogP contribution is -2.62. The van der Waals surface area contributed by atoms with Gasteiger partial charge in [-0.25, -0.2) is 4.79 Å². The van der Waals surface area contributed by atoms with E-state index in [0.717, 1.165) is 19.3 Å². The van der Waals surface area contributed by atoms with Gasteiger partial charge in [0.2, 0.25) is 5.91 Å². The maximum absolute atomic E-state index is 14.5. The Hall–Kier alpha value is -2.52. The van der Waals surface area contributed by atoms with Crippen molar-refractivity contribution >= 4 is 23.8 Å². The number of hydrogen-bond donors (Lipinski definition) is 5. The van der Waals surface area contributed by atoms with Crippen LogP contribution in [0.4, 0.5) is 4.79 Å². The van der Waals surface area contributed by atoms with E-state index in [1.807, 2.05) is 32.8 Å². The van der Waals surface area contributed by atoms with Gasteiger partial charge in [-0.3, -0.25) is 14.4 Å². The van der Waals surface area contributed by atoms with E-state index in [9.17, 15) is 34.5 Å². The molecule has 3 aliphatic rings. The molecule has 18 nitrogen and oxygen atoms in total. The maximum Gasteiger partial charge on any atom is 0.407 e. The van der Waals surface area contributed by atoms with Gasteiger partial charge in [-0.05, 0) is 94.2 Å². The number of aliphatic hydroxyl groups is 3. The summed E-state index contributed by atoms with van der Waals surface area (Å²) in [5.74, 6) is -4.70. The second kappa shape index (κ2) is 26.1. The molecule has 2 amide bonds. The second-order valence-corrected chi connectivity index (χ2v) is 20.5. The third-order valence-electron chi connectivity index (χ3n) is 14.7. The fraction of sp³-hybridized carbons (Fsp3) is 0.918. The average molecular weight is 960 g/mol. The predicted octanol–water partition coefficient (Wildman–Crippen LogP) is 4.65. The fourth-order valence-corrected chi connectivity index (χ4v) is 10.2. The Morgan fingerprint density at radius 3 is 2.04 bits per heavy atom. The molecule has 0 spiro atoms. The first-order valence-corrected chi connectivity index (χ1v) is 24.7. The number of likely N-dealkylation sites (N-methyl/N-ethyl adjacent to an activating group) is 1. The molecule has 0 aromatic rings. The average Bonchev–Trinajstić information content (AvgIpc) is 3.27. The molecule has 18 heteroatoms. The van der Waals surface area contributed by atoms with Gasteiger partial charge < -0.3 is 68.7 Å². The number of ether oxygens (including phenoxy) is 8. The van der Waals surface area contributed by atoms with E-state index in [1.54, 1.807) is 48.5 Å². The van der Waals surface area contributed by atoms with E-state index in [2.05, 4.69) is 17.6 Å². The normalized spacial score (nSPS) is 40.4. The van der Waals surface area contributed by atoms with Crippen LogP contribution in [0.25, 0.3) is 0 Å². The summed E-state index contributed by atoms with van der Waals surface area (Å²) in [6, 6.07) is -0.320. The van der Waals surface area contributed by atoms with Crippen molar-refractivity contribution in [3.8, 4) is 0 Å². The highest BCUT2D eigenvalue weighted by molar-refractivity contribution is 5.83. The van der Waals surface area contributed by atoms with E-state index in [0.29, 0.717) is 38.8 Å². The van der Waals surface area contributed by atoms with Crippen molar-refractivity contribution in [2.45, 2.75) is 225 Å². The number of nitrogens with zero attached hydrogens (tertiary/aromatic N) is 1. The smallest absolute Gasteiger partial charge is 0.407 e. The van der Waals surface area contributed by atoms with Gasteiger partial charge in [0.15, 0.2) is 18.7 Å². The Morgan fingerprint density at radius 2 is 1.45 bits per heavy atom. The number of carbonyl (C=O) groups excluding carboxylic acids is 4. The first-order chi connectivity index (χ1) is 31.3. The van der Waals surface area contributed by atoms with Crippen molar-refractivity contribution in [3.05, 3.63) is 0 Å². The van der Waals surface area contributed by atoms with Crippen LogP contribution in [-0.2, 0) is 52.3 Å². The van der Waals surface area contributed by atoms with Crippen LogP contribution in [0.2, 0.25) is 0 Å². The van der Waals surface area contributed by atoms with Crippen molar-refractivity contribution in [2.75, 3.05) is 41.4 Å². The van der Waals surface area contributed by atoms with Crippen molar-refractivity contribution < 1.29 is 72.4 Å². The number of cyclic esters (lactones) is 1. The van der Waals surface area contributed by atoms with E-state index >= 15 is 0 Å². The summed E-state index contributed by atoms with van der Waals surface area (Å²) in [4.78, 5) is 55.8. The van der Waals surface area contributed by atoms with Gasteiger partial charge in [-0.2, -0.15) is 0 Å². The lowest BCUT2D eigenvalue weighted by molar-refractivity contribution is -0.319. The Kier molecular flexibility index (Phi) is 22.9. The van der Waals surface area contributed by atoms with Crippen molar-refractivity contribution in [3.63, 3.8) is 0 Å². The number of carbonyl (C=O) groups is 4. The number of methoxy groups -OCH3 is 2. The molecule has 3 rings (SSSR count). The fourth-order valence-electron chi connectivity index (χ4n) is 10.2.